The Kier molecular flexibility index (Phi) is 5.36. The lowest BCUT2D eigenvalue weighted by molar-refractivity contribution is -0.0342. The van der Waals surface area contributed by atoms with Crippen molar-refractivity contribution in [1.82, 2.24) is 14.9 Å². The summed E-state index contributed by atoms with van der Waals surface area (Å²) in [7, 11) is 0. The molecule has 1 aromatic heterocycles. The zero-order valence-corrected chi connectivity index (χ0v) is 16.9. The van der Waals surface area contributed by atoms with E-state index in [0.29, 0.717) is 19.6 Å². The molecular weight excluding hydrogens is 380 g/mol. The van der Waals surface area contributed by atoms with E-state index in [9.17, 15) is 4.79 Å². The van der Waals surface area contributed by atoms with Crippen molar-refractivity contribution >= 4 is 17.6 Å². The van der Waals surface area contributed by atoms with Crippen LogP contribution in [0.1, 0.15) is 30.4 Å². The van der Waals surface area contributed by atoms with Crippen molar-refractivity contribution in [3.63, 3.8) is 0 Å². The van der Waals surface area contributed by atoms with Crippen molar-refractivity contribution in [2.45, 2.75) is 38.0 Å². The van der Waals surface area contributed by atoms with Gasteiger partial charge in [0.25, 0.3) is 0 Å². The number of aromatic nitrogens is 2. The topological polar surface area (TPSA) is 67.8 Å². The van der Waals surface area contributed by atoms with Crippen LogP contribution in [-0.4, -0.2) is 59.3 Å². The fourth-order valence-corrected chi connectivity index (χ4v) is 4.46. The average molecular weight is 406 g/mol. The van der Waals surface area contributed by atoms with Crippen LogP contribution in [0.4, 0.5) is 10.7 Å². The molecule has 7 nitrogen and oxygen atoms in total. The standard InChI is InChI=1S/C23H26N4O3/c28-23(30-14-17-6-2-1-3-7-17)27-20-10-18(11-21(27)16-29-15-20)19-12-24-22(25-13-19)26-8-4-5-9-26/h1-3,6-7,10,12-13,20-21H,4-5,8-9,11,14-16H2. The molecular formula is C23H26N4O3. The van der Waals surface area contributed by atoms with E-state index in [2.05, 4.69) is 20.9 Å². The molecule has 30 heavy (non-hydrogen) atoms. The molecule has 1 amide bonds. The van der Waals surface area contributed by atoms with Gasteiger partial charge in [-0.1, -0.05) is 36.4 Å². The summed E-state index contributed by atoms with van der Waals surface area (Å²) in [6, 6.07) is 9.58. The highest BCUT2D eigenvalue weighted by atomic mass is 16.6. The number of hydrogen-bond acceptors (Lipinski definition) is 6. The summed E-state index contributed by atoms with van der Waals surface area (Å²) < 4.78 is 11.3. The molecule has 3 aliphatic rings. The van der Waals surface area contributed by atoms with Gasteiger partial charge in [0.2, 0.25) is 5.95 Å². The lowest BCUT2D eigenvalue weighted by atomic mass is 9.91. The number of amides is 1. The van der Waals surface area contributed by atoms with Gasteiger partial charge in [-0.2, -0.15) is 0 Å². The molecule has 0 spiro atoms. The van der Waals surface area contributed by atoms with Crippen LogP contribution in [-0.2, 0) is 16.1 Å². The summed E-state index contributed by atoms with van der Waals surface area (Å²) in [4.78, 5) is 26.0. The number of morpholine rings is 1. The van der Waals surface area contributed by atoms with Crippen molar-refractivity contribution in [2.24, 2.45) is 0 Å². The van der Waals surface area contributed by atoms with Crippen molar-refractivity contribution in [3.05, 3.63) is 59.9 Å². The van der Waals surface area contributed by atoms with E-state index < -0.39 is 0 Å². The number of hydrogen-bond donors (Lipinski definition) is 0. The molecule has 1 aromatic carbocycles. The predicted octanol–water partition coefficient (Wildman–Crippen LogP) is 3.27. The summed E-state index contributed by atoms with van der Waals surface area (Å²) in [5.74, 6) is 0.808. The second-order valence-corrected chi connectivity index (χ2v) is 8.07. The zero-order chi connectivity index (χ0) is 20.3. The first-order chi connectivity index (χ1) is 14.8. The maximum Gasteiger partial charge on any atom is 0.411 e. The minimum atomic E-state index is -0.284. The maximum atomic E-state index is 12.8. The molecule has 2 bridgehead atoms. The molecule has 156 valence electrons. The molecule has 2 aromatic rings. The number of anilines is 1. The number of ether oxygens (including phenoxy) is 2. The molecule has 2 atom stereocenters. The summed E-state index contributed by atoms with van der Waals surface area (Å²) in [5.41, 5.74) is 3.18. The fraction of sp³-hybridized carbons (Fsp3) is 0.435. The van der Waals surface area contributed by atoms with Gasteiger partial charge in [0, 0.05) is 31.0 Å². The molecule has 2 saturated heterocycles. The largest absolute Gasteiger partial charge is 0.445 e. The fourth-order valence-electron chi connectivity index (χ4n) is 4.46. The van der Waals surface area contributed by atoms with Crippen molar-refractivity contribution in [3.8, 4) is 0 Å². The van der Waals surface area contributed by atoms with Gasteiger partial charge in [0.15, 0.2) is 0 Å². The Morgan fingerprint density at radius 2 is 1.87 bits per heavy atom. The van der Waals surface area contributed by atoms with Gasteiger partial charge in [0.05, 0.1) is 25.3 Å². The Morgan fingerprint density at radius 1 is 1.10 bits per heavy atom. The van der Waals surface area contributed by atoms with Crippen LogP contribution < -0.4 is 4.90 Å². The molecule has 3 aliphatic heterocycles. The van der Waals surface area contributed by atoms with Crippen LogP contribution >= 0.6 is 0 Å². The SMILES string of the molecule is O=C(OCc1ccccc1)N1C2C=C(c3cnc(N4CCCC4)nc3)CC1COC2. The second kappa shape index (κ2) is 8.44. The van der Waals surface area contributed by atoms with Crippen LogP contribution in [0.15, 0.2) is 48.8 Å². The lowest BCUT2D eigenvalue weighted by Crippen LogP contribution is -2.56. The molecule has 5 rings (SSSR count). The number of rotatable bonds is 4. The number of nitrogens with zero attached hydrogens (tertiary/aromatic N) is 4. The molecule has 7 heteroatoms. The van der Waals surface area contributed by atoms with Crippen LogP contribution in [0.5, 0.6) is 0 Å². The quantitative estimate of drug-likeness (QED) is 0.776. The number of carbonyl (C=O) groups is 1. The molecule has 2 fully saturated rings. The summed E-state index contributed by atoms with van der Waals surface area (Å²) in [6.07, 6.45) is 8.76. The van der Waals surface area contributed by atoms with Crippen LogP contribution in [0.3, 0.4) is 0 Å². The lowest BCUT2D eigenvalue weighted by Gasteiger charge is -2.43. The molecule has 0 radical (unpaired) electrons. The van der Waals surface area contributed by atoms with E-state index >= 15 is 0 Å². The molecule has 2 unspecified atom stereocenters. The molecule has 4 heterocycles. The minimum absolute atomic E-state index is 0.0368. The molecule has 0 N–H and O–H groups in total. The van der Waals surface area contributed by atoms with Gasteiger partial charge in [0.1, 0.15) is 6.61 Å². The van der Waals surface area contributed by atoms with E-state index in [1.807, 2.05) is 47.6 Å². The normalized spacial score (nSPS) is 23.3. The number of fused-ring (bicyclic) bond motifs is 2. The van der Waals surface area contributed by atoms with Crippen molar-refractivity contribution in [1.29, 1.82) is 0 Å². The second-order valence-electron chi connectivity index (χ2n) is 8.07. The minimum Gasteiger partial charge on any atom is -0.445 e. The third-order valence-corrected chi connectivity index (χ3v) is 6.01. The van der Waals surface area contributed by atoms with Crippen LogP contribution in [0.2, 0.25) is 0 Å². The highest BCUT2D eigenvalue weighted by Crippen LogP contribution is 2.33. The van der Waals surface area contributed by atoms with E-state index in [1.165, 1.54) is 18.4 Å². The van der Waals surface area contributed by atoms with Crippen LogP contribution in [0, 0.1) is 0 Å². The Labute approximate surface area is 176 Å². The van der Waals surface area contributed by atoms with E-state index in [1.54, 1.807) is 0 Å². The summed E-state index contributed by atoms with van der Waals surface area (Å²) >= 11 is 0. The smallest absolute Gasteiger partial charge is 0.411 e. The van der Waals surface area contributed by atoms with Crippen LogP contribution in [0.25, 0.3) is 5.57 Å². The number of carbonyl (C=O) groups excluding carboxylic acids is 1. The highest BCUT2D eigenvalue weighted by Gasteiger charge is 2.39. The Morgan fingerprint density at radius 3 is 2.60 bits per heavy atom. The van der Waals surface area contributed by atoms with Gasteiger partial charge in [-0.3, -0.25) is 4.90 Å². The van der Waals surface area contributed by atoms with Crippen molar-refractivity contribution in [2.75, 3.05) is 31.2 Å². The molecule has 0 aliphatic carbocycles. The van der Waals surface area contributed by atoms with E-state index in [-0.39, 0.29) is 24.8 Å². The zero-order valence-electron chi connectivity index (χ0n) is 16.9. The molecule has 0 saturated carbocycles. The predicted molar refractivity (Wildman–Crippen MR) is 113 cm³/mol. The first-order valence-electron chi connectivity index (χ1n) is 10.6. The van der Waals surface area contributed by atoms with Gasteiger partial charge < -0.3 is 14.4 Å². The van der Waals surface area contributed by atoms with E-state index in [4.69, 9.17) is 9.47 Å². The third kappa shape index (κ3) is 3.89. The average Bonchev–Trinajstić information content (AvgIpc) is 3.32. The summed E-state index contributed by atoms with van der Waals surface area (Å²) in [6.45, 7) is 3.33. The van der Waals surface area contributed by atoms with Gasteiger partial charge in [-0.25, -0.2) is 14.8 Å². The van der Waals surface area contributed by atoms with E-state index in [0.717, 1.165) is 30.2 Å². The van der Waals surface area contributed by atoms with Crippen molar-refractivity contribution < 1.29 is 14.3 Å². The first-order valence-corrected chi connectivity index (χ1v) is 10.6. The Bertz CT molecular complexity index is 910. The van der Waals surface area contributed by atoms with Gasteiger partial charge in [-0.15, -0.1) is 0 Å². The first kappa shape index (κ1) is 19.1. The van der Waals surface area contributed by atoms with Gasteiger partial charge in [-0.05, 0) is 30.4 Å². The number of benzene rings is 1. The Balaban J connectivity index is 1.29. The maximum absolute atomic E-state index is 12.8. The summed E-state index contributed by atoms with van der Waals surface area (Å²) in [5, 5.41) is 0. The monoisotopic (exact) mass is 406 g/mol. The third-order valence-electron chi connectivity index (χ3n) is 6.01. The Hall–Kier alpha value is -2.93. The van der Waals surface area contributed by atoms with Gasteiger partial charge >= 0.3 is 6.09 Å². The highest BCUT2D eigenvalue weighted by molar-refractivity contribution is 5.74.